The molecular formula is C18H34N2O. The molecule has 3 aliphatic rings. The van der Waals surface area contributed by atoms with E-state index in [0.717, 1.165) is 19.1 Å². The van der Waals surface area contributed by atoms with Crippen LogP contribution in [0.5, 0.6) is 0 Å². The highest BCUT2D eigenvalue weighted by Gasteiger charge is 2.50. The van der Waals surface area contributed by atoms with Gasteiger partial charge in [-0.15, -0.1) is 0 Å². The van der Waals surface area contributed by atoms with Crippen LogP contribution in [0, 0.1) is 5.92 Å². The first-order valence-electron chi connectivity index (χ1n) is 9.26. The van der Waals surface area contributed by atoms with Crippen molar-refractivity contribution in [3.8, 4) is 0 Å². The first kappa shape index (κ1) is 15.8. The molecule has 21 heavy (non-hydrogen) atoms. The summed E-state index contributed by atoms with van der Waals surface area (Å²) in [5.74, 6) is 0.924. The molecule has 3 rings (SSSR count). The number of ether oxygens (including phenoxy) is 1. The van der Waals surface area contributed by atoms with Gasteiger partial charge in [0.2, 0.25) is 0 Å². The molecule has 2 saturated carbocycles. The standard InChI is InChI=1S/C18H34N2O/c1-3-21-13-7-12-20-15-17(2,16-8-9-16)19-14-18(20)10-5-4-6-11-18/h16,19H,3-15H2,1-2H3. The maximum Gasteiger partial charge on any atom is 0.0478 e. The van der Waals surface area contributed by atoms with E-state index in [4.69, 9.17) is 4.74 Å². The maximum atomic E-state index is 5.57. The molecule has 1 N–H and O–H groups in total. The fourth-order valence-corrected chi connectivity index (χ4v) is 4.61. The van der Waals surface area contributed by atoms with Gasteiger partial charge in [0.15, 0.2) is 0 Å². The van der Waals surface area contributed by atoms with Gasteiger partial charge in [0.1, 0.15) is 0 Å². The molecule has 1 saturated heterocycles. The topological polar surface area (TPSA) is 24.5 Å². The van der Waals surface area contributed by atoms with Crippen molar-refractivity contribution < 1.29 is 4.74 Å². The molecule has 2 aliphatic carbocycles. The van der Waals surface area contributed by atoms with Crippen LogP contribution in [0.25, 0.3) is 0 Å². The molecule has 3 fully saturated rings. The normalized spacial score (nSPS) is 33.4. The SMILES string of the molecule is CCOCCCN1CC(C)(C2CC2)NCC12CCCCC2. The second-order valence-electron chi connectivity index (χ2n) is 7.80. The fourth-order valence-electron chi connectivity index (χ4n) is 4.61. The minimum atomic E-state index is 0.369. The van der Waals surface area contributed by atoms with E-state index in [9.17, 15) is 0 Å². The third-order valence-corrected chi connectivity index (χ3v) is 6.19. The average molecular weight is 294 g/mol. The van der Waals surface area contributed by atoms with Gasteiger partial charge in [-0.05, 0) is 51.9 Å². The van der Waals surface area contributed by atoms with Crippen molar-refractivity contribution in [2.24, 2.45) is 5.92 Å². The van der Waals surface area contributed by atoms with Crippen LogP contribution in [-0.2, 0) is 4.74 Å². The van der Waals surface area contributed by atoms with E-state index in [-0.39, 0.29) is 0 Å². The number of nitrogens with zero attached hydrogens (tertiary/aromatic N) is 1. The van der Waals surface area contributed by atoms with Gasteiger partial charge in [-0.1, -0.05) is 19.3 Å². The number of piperazine rings is 1. The monoisotopic (exact) mass is 294 g/mol. The van der Waals surface area contributed by atoms with Crippen LogP contribution >= 0.6 is 0 Å². The van der Waals surface area contributed by atoms with Gasteiger partial charge in [-0.25, -0.2) is 0 Å². The number of nitrogens with one attached hydrogen (secondary N) is 1. The molecule has 0 aromatic carbocycles. The molecule has 122 valence electrons. The van der Waals surface area contributed by atoms with Gasteiger partial charge in [-0.3, -0.25) is 4.90 Å². The molecule has 1 unspecified atom stereocenters. The summed E-state index contributed by atoms with van der Waals surface area (Å²) in [6, 6.07) is 0. The van der Waals surface area contributed by atoms with Crippen LogP contribution in [0.4, 0.5) is 0 Å². The van der Waals surface area contributed by atoms with Crippen molar-refractivity contribution in [2.45, 2.75) is 76.3 Å². The van der Waals surface area contributed by atoms with Crippen LogP contribution in [0.2, 0.25) is 0 Å². The van der Waals surface area contributed by atoms with Crippen LogP contribution < -0.4 is 5.32 Å². The van der Waals surface area contributed by atoms with Crippen LogP contribution in [-0.4, -0.2) is 48.8 Å². The van der Waals surface area contributed by atoms with E-state index in [1.807, 2.05) is 0 Å². The smallest absolute Gasteiger partial charge is 0.0478 e. The third kappa shape index (κ3) is 3.46. The lowest BCUT2D eigenvalue weighted by molar-refractivity contribution is -0.0252. The lowest BCUT2D eigenvalue weighted by Crippen LogP contribution is -2.70. The van der Waals surface area contributed by atoms with Gasteiger partial charge in [0.05, 0.1) is 0 Å². The number of rotatable bonds is 6. The Morgan fingerprint density at radius 1 is 1.19 bits per heavy atom. The second kappa shape index (κ2) is 6.55. The largest absolute Gasteiger partial charge is 0.382 e. The Morgan fingerprint density at radius 2 is 1.95 bits per heavy atom. The Labute approximate surface area is 130 Å². The van der Waals surface area contributed by atoms with Gasteiger partial charge in [-0.2, -0.15) is 0 Å². The van der Waals surface area contributed by atoms with Crippen molar-refractivity contribution >= 4 is 0 Å². The Kier molecular flexibility index (Phi) is 4.92. The zero-order chi connectivity index (χ0) is 14.8. The van der Waals surface area contributed by atoms with E-state index in [0.29, 0.717) is 11.1 Å². The van der Waals surface area contributed by atoms with E-state index < -0.39 is 0 Å². The fraction of sp³-hybridized carbons (Fsp3) is 1.00. The summed E-state index contributed by atoms with van der Waals surface area (Å²) in [7, 11) is 0. The minimum Gasteiger partial charge on any atom is -0.382 e. The molecule has 0 aromatic rings. The molecule has 0 radical (unpaired) electrons. The minimum absolute atomic E-state index is 0.369. The van der Waals surface area contributed by atoms with Gasteiger partial charge >= 0.3 is 0 Å². The highest BCUT2D eigenvalue weighted by atomic mass is 16.5. The third-order valence-electron chi connectivity index (χ3n) is 6.19. The highest BCUT2D eigenvalue weighted by Crippen LogP contribution is 2.45. The van der Waals surface area contributed by atoms with Crippen LogP contribution in [0.1, 0.15) is 65.2 Å². The molecule has 1 atom stereocenters. The highest BCUT2D eigenvalue weighted by molar-refractivity contribution is 5.09. The molecule has 1 aliphatic heterocycles. The average Bonchev–Trinajstić information content (AvgIpc) is 3.34. The number of hydrogen-bond acceptors (Lipinski definition) is 3. The predicted octanol–water partition coefficient (Wildman–Crippen LogP) is 3.19. The van der Waals surface area contributed by atoms with Gasteiger partial charge in [0.25, 0.3) is 0 Å². The van der Waals surface area contributed by atoms with Crippen molar-refractivity contribution in [3.05, 3.63) is 0 Å². The lowest BCUT2D eigenvalue weighted by atomic mass is 9.75. The summed E-state index contributed by atoms with van der Waals surface area (Å²) < 4.78 is 5.57. The summed E-state index contributed by atoms with van der Waals surface area (Å²) in [6.07, 6.45) is 11.1. The molecular weight excluding hydrogens is 260 g/mol. The molecule has 0 bridgehead atoms. The van der Waals surface area contributed by atoms with E-state index in [1.54, 1.807) is 0 Å². The van der Waals surface area contributed by atoms with E-state index in [2.05, 4.69) is 24.1 Å². The Morgan fingerprint density at radius 3 is 2.62 bits per heavy atom. The molecule has 1 spiro atoms. The van der Waals surface area contributed by atoms with E-state index in [1.165, 1.54) is 71.0 Å². The first-order chi connectivity index (χ1) is 10.2. The summed E-state index contributed by atoms with van der Waals surface area (Å²) in [5, 5.41) is 3.98. The second-order valence-corrected chi connectivity index (χ2v) is 7.80. The maximum absolute atomic E-state index is 5.57. The Balaban J connectivity index is 1.64. The van der Waals surface area contributed by atoms with Gasteiger partial charge in [0, 0.05) is 43.9 Å². The van der Waals surface area contributed by atoms with E-state index >= 15 is 0 Å². The quantitative estimate of drug-likeness (QED) is 0.761. The van der Waals surface area contributed by atoms with Crippen molar-refractivity contribution in [1.29, 1.82) is 0 Å². The van der Waals surface area contributed by atoms with Crippen molar-refractivity contribution in [3.63, 3.8) is 0 Å². The van der Waals surface area contributed by atoms with Crippen LogP contribution in [0.15, 0.2) is 0 Å². The molecule has 1 heterocycles. The van der Waals surface area contributed by atoms with Crippen molar-refractivity contribution in [1.82, 2.24) is 10.2 Å². The van der Waals surface area contributed by atoms with Crippen LogP contribution in [0.3, 0.4) is 0 Å². The molecule has 3 heteroatoms. The summed E-state index contributed by atoms with van der Waals surface area (Å²) in [6.45, 7) is 10.0. The molecule has 3 nitrogen and oxygen atoms in total. The molecule has 0 aromatic heterocycles. The Bertz CT molecular complexity index is 336. The lowest BCUT2D eigenvalue weighted by Gasteiger charge is -2.56. The summed E-state index contributed by atoms with van der Waals surface area (Å²) in [5.41, 5.74) is 0.827. The van der Waals surface area contributed by atoms with Gasteiger partial charge < -0.3 is 10.1 Å². The molecule has 0 amide bonds. The zero-order valence-corrected chi connectivity index (χ0v) is 14.1. The Hall–Kier alpha value is -0.120. The van der Waals surface area contributed by atoms with Crippen molar-refractivity contribution in [2.75, 3.05) is 32.8 Å². The number of hydrogen-bond donors (Lipinski definition) is 1. The zero-order valence-electron chi connectivity index (χ0n) is 14.1. The summed E-state index contributed by atoms with van der Waals surface area (Å²) in [4.78, 5) is 2.86. The first-order valence-corrected chi connectivity index (χ1v) is 9.26. The predicted molar refractivity (Wildman–Crippen MR) is 87.6 cm³/mol. The summed E-state index contributed by atoms with van der Waals surface area (Å²) >= 11 is 0.